The third-order valence-corrected chi connectivity index (χ3v) is 5.83. The highest BCUT2D eigenvalue weighted by atomic mass is 16.5. The molecule has 0 atom stereocenters. The minimum atomic E-state index is -0.399. The quantitative estimate of drug-likeness (QED) is 0.545. The van der Waals surface area contributed by atoms with Crippen molar-refractivity contribution in [1.29, 1.82) is 0 Å². The summed E-state index contributed by atoms with van der Waals surface area (Å²) in [4.78, 5) is 26.8. The van der Waals surface area contributed by atoms with Crippen LogP contribution in [0.25, 0.3) is 0 Å². The number of esters is 1. The van der Waals surface area contributed by atoms with Gasteiger partial charge in [-0.05, 0) is 32.6 Å². The molecule has 1 aromatic rings. The lowest BCUT2D eigenvalue weighted by Crippen LogP contribution is -2.36. The molecule has 2 fully saturated rings. The topological polar surface area (TPSA) is 86.3 Å². The van der Waals surface area contributed by atoms with E-state index in [1.54, 1.807) is 6.07 Å². The van der Waals surface area contributed by atoms with Gasteiger partial charge in [-0.3, -0.25) is 9.59 Å². The summed E-state index contributed by atoms with van der Waals surface area (Å²) in [6, 6.07) is 3.67. The van der Waals surface area contributed by atoms with Crippen molar-refractivity contribution in [2.24, 2.45) is 5.92 Å². The maximum absolute atomic E-state index is 12.5. The van der Waals surface area contributed by atoms with Crippen LogP contribution in [0.15, 0.2) is 12.1 Å². The average molecular weight is 449 g/mol. The predicted octanol–water partition coefficient (Wildman–Crippen LogP) is 3.77. The Hall–Kier alpha value is -2.48. The molecular formula is C24H36N2O6. The first-order chi connectivity index (χ1) is 15.6. The zero-order valence-electron chi connectivity index (χ0n) is 19.3. The largest absolute Gasteiger partial charge is 0.492 e. The fraction of sp³-hybridized carbons (Fsp3) is 0.667. The molecule has 2 aliphatic rings. The molecule has 0 bridgehead atoms. The van der Waals surface area contributed by atoms with Crippen LogP contribution in [0, 0.1) is 5.92 Å². The number of nitrogens with one attached hydrogen (secondary N) is 1. The van der Waals surface area contributed by atoms with Gasteiger partial charge in [-0.25, -0.2) is 0 Å². The van der Waals surface area contributed by atoms with Crippen molar-refractivity contribution in [2.45, 2.75) is 52.4 Å². The number of morpholine rings is 1. The second kappa shape index (κ2) is 12.5. The first-order valence-electron chi connectivity index (χ1n) is 11.8. The van der Waals surface area contributed by atoms with E-state index < -0.39 is 5.91 Å². The average Bonchev–Trinajstić information content (AvgIpc) is 2.81. The number of rotatable bonds is 10. The summed E-state index contributed by atoms with van der Waals surface area (Å²) in [6.07, 6.45) is 6.09. The molecule has 0 aromatic heterocycles. The molecule has 1 N–H and O–H groups in total. The predicted molar refractivity (Wildman–Crippen MR) is 123 cm³/mol. The van der Waals surface area contributed by atoms with Crippen LogP contribution >= 0.6 is 0 Å². The van der Waals surface area contributed by atoms with Gasteiger partial charge in [-0.15, -0.1) is 0 Å². The Bertz CT molecular complexity index is 757. The summed E-state index contributed by atoms with van der Waals surface area (Å²) >= 11 is 0. The van der Waals surface area contributed by atoms with Crippen molar-refractivity contribution in [1.82, 2.24) is 0 Å². The normalized spacial score (nSPS) is 17.0. The molecule has 1 aliphatic carbocycles. The van der Waals surface area contributed by atoms with Gasteiger partial charge in [0.25, 0.3) is 5.91 Å². The van der Waals surface area contributed by atoms with Gasteiger partial charge in [0.2, 0.25) is 0 Å². The minimum Gasteiger partial charge on any atom is -0.492 e. The van der Waals surface area contributed by atoms with Crippen molar-refractivity contribution in [3.05, 3.63) is 12.1 Å². The molecule has 3 rings (SSSR count). The van der Waals surface area contributed by atoms with Gasteiger partial charge in [-0.2, -0.15) is 0 Å². The second-order valence-electron chi connectivity index (χ2n) is 8.20. The highest BCUT2D eigenvalue weighted by Crippen LogP contribution is 2.39. The van der Waals surface area contributed by atoms with Gasteiger partial charge in [-0.1, -0.05) is 19.3 Å². The smallest absolute Gasteiger partial charge is 0.306 e. The van der Waals surface area contributed by atoms with Gasteiger partial charge in [0, 0.05) is 31.6 Å². The number of hydrogen-bond donors (Lipinski definition) is 1. The number of anilines is 2. The lowest BCUT2D eigenvalue weighted by molar-refractivity contribution is -0.148. The van der Waals surface area contributed by atoms with Crippen LogP contribution in [0.2, 0.25) is 0 Å². The van der Waals surface area contributed by atoms with E-state index in [2.05, 4.69) is 10.2 Å². The van der Waals surface area contributed by atoms with E-state index in [0.29, 0.717) is 56.0 Å². The number of benzene rings is 1. The number of carbonyl (C=O) groups excluding carboxylic acids is 2. The van der Waals surface area contributed by atoms with Crippen LogP contribution in [0.5, 0.6) is 11.5 Å². The highest BCUT2D eigenvalue weighted by Gasteiger charge is 2.22. The van der Waals surface area contributed by atoms with Crippen LogP contribution in [0.1, 0.15) is 52.4 Å². The maximum atomic E-state index is 12.5. The SMILES string of the molecule is CCOc1cc(N2CCOCC2)c(OCC)cc1NC(=O)COC(=O)CC1CCCCC1. The summed E-state index contributed by atoms with van der Waals surface area (Å²) in [5.74, 6) is 0.895. The molecule has 0 radical (unpaired) electrons. The standard InChI is InChI=1S/C24H36N2O6/c1-3-30-21-16-20(26-10-12-29-13-11-26)22(31-4-2)15-19(21)25-23(27)17-32-24(28)14-18-8-6-5-7-9-18/h15-16,18H,3-14,17H2,1-2H3,(H,25,27). The van der Waals surface area contributed by atoms with Crippen molar-refractivity contribution in [2.75, 3.05) is 56.3 Å². The Morgan fingerprint density at radius 2 is 1.72 bits per heavy atom. The monoisotopic (exact) mass is 448 g/mol. The molecule has 178 valence electrons. The molecule has 1 aliphatic heterocycles. The number of hydrogen-bond acceptors (Lipinski definition) is 7. The molecular weight excluding hydrogens is 412 g/mol. The van der Waals surface area contributed by atoms with Gasteiger partial charge in [0.1, 0.15) is 11.5 Å². The van der Waals surface area contributed by atoms with Gasteiger partial charge in [0.15, 0.2) is 6.61 Å². The van der Waals surface area contributed by atoms with Crippen LogP contribution in [-0.4, -0.2) is 58.0 Å². The molecule has 0 spiro atoms. The van der Waals surface area contributed by atoms with Crippen molar-refractivity contribution < 1.29 is 28.5 Å². The summed E-state index contributed by atoms with van der Waals surface area (Å²) in [5, 5.41) is 2.82. The van der Waals surface area contributed by atoms with Gasteiger partial charge >= 0.3 is 5.97 Å². The summed E-state index contributed by atoms with van der Waals surface area (Å²) in [5.41, 5.74) is 1.41. The molecule has 1 saturated heterocycles. The molecule has 0 unspecified atom stereocenters. The molecule has 1 heterocycles. The molecule has 8 heteroatoms. The number of carbonyl (C=O) groups is 2. The van der Waals surface area contributed by atoms with Crippen LogP contribution < -0.4 is 19.7 Å². The van der Waals surface area contributed by atoms with E-state index in [9.17, 15) is 9.59 Å². The molecule has 1 amide bonds. The van der Waals surface area contributed by atoms with Gasteiger partial charge in [0.05, 0.1) is 37.8 Å². The van der Waals surface area contributed by atoms with Crippen molar-refractivity contribution in [3.8, 4) is 11.5 Å². The highest BCUT2D eigenvalue weighted by molar-refractivity contribution is 5.95. The minimum absolute atomic E-state index is 0.310. The fourth-order valence-corrected chi connectivity index (χ4v) is 4.26. The lowest BCUT2D eigenvalue weighted by Gasteiger charge is -2.31. The maximum Gasteiger partial charge on any atom is 0.306 e. The summed E-state index contributed by atoms with van der Waals surface area (Å²) < 4.78 is 22.3. The number of amides is 1. The van der Waals surface area contributed by atoms with E-state index in [-0.39, 0.29) is 12.6 Å². The zero-order valence-corrected chi connectivity index (χ0v) is 19.3. The van der Waals surface area contributed by atoms with E-state index in [0.717, 1.165) is 31.6 Å². The zero-order chi connectivity index (χ0) is 22.8. The Labute approximate surface area is 190 Å². The third-order valence-electron chi connectivity index (χ3n) is 5.83. The molecule has 32 heavy (non-hydrogen) atoms. The Morgan fingerprint density at radius 3 is 2.41 bits per heavy atom. The van der Waals surface area contributed by atoms with E-state index in [1.807, 2.05) is 19.9 Å². The molecule has 8 nitrogen and oxygen atoms in total. The molecule has 1 aromatic carbocycles. The van der Waals surface area contributed by atoms with E-state index in [4.69, 9.17) is 18.9 Å². The van der Waals surface area contributed by atoms with E-state index in [1.165, 1.54) is 19.3 Å². The molecule has 1 saturated carbocycles. The van der Waals surface area contributed by atoms with Gasteiger partial charge < -0.3 is 29.2 Å². The second-order valence-corrected chi connectivity index (χ2v) is 8.20. The fourth-order valence-electron chi connectivity index (χ4n) is 4.26. The Balaban J connectivity index is 1.64. The first kappa shape index (κ1) is 24.2. The third kappa shape index (κ3) is 7.02. The summed E-state index contributed by atoms with van der Waals surface area (Å²) in [7, 11) is 0. The first-order valence-corrected chi connectivity index (χ1v) is 11.8. The summed E-state index contributed by atoms with van der Waals surface area (Å²) in [6.45, 7) is 7.27. The van der Waals surface area contributed by atoms with Crippen molar-refractivity contribution in [3.63, 3.8) is 0 Å². The number of ether oxygens (including phenoxy) is 4. The Kier molecular flexibility index (Phi) is 9.46. The van der Waals surface area contributed by atoms with Crippen LogP contribution in [-0.2, 0) is 19.1 Å². The number of nitrogens with zero attached hydrogens (tertiary/aromatic N) is 1. The van der Waals surface area contributed by atoms with Crippen molar-refractivity contribution >= 4 is 23.3 Å². The Morgan fingerprint density at radius 1 is 1.03 bits per heavy atom. The van der Waals surface area contributed by atoms with Crippen LogP contribution in [0.3, 0.4) is 0 Å². The van der Waals surface area contributed by atoms with Crippen LogP contribution in [0.4, 0.5) is 11.4 Å². The lowest BCUT2D eigenvalue weighted by atomic mass is 9.87. The van der Waals surface area contributed by atoms with E-state index >= 15 is 0 Å².